The molecule has 0 bridgehead atoms. The molecule has 6 heteroatoms. The number of carbonyl (C=O) groups excluding carboxylic acids is 2. The highest BCUT2D eigenvalue weighted by Gasteiger charge is 2.24. The van der Waals surface area contributed by atoms with Gasteiger partial charge in [-0.2, -0.15) is 0 Å². The van der Waals surface area contributed by atoms with Gasteiger partial charge in [-0.15, -0.1) is 0 Å². The number of ether oxygens (including phenoxy) is 1. The van der Waals surface area contributed by atoms with Crippen LogP contribution in [0.2, 0.25) is 0 Å². The van der Waals surface area contributed by atoms with E-state index in [0.29, 0.717) is 19.3 Å². The van der Waals surface area contributed by atoms with Gasteiger partial charge in [-0.05, 0) is 89.9 Å². The maximum Gasteiger partial charge on any atom is 0.306 e. The van der Waals surface area contributed by atoms with E-state index in [-0.39, 0.29) is 24.9 Å². The van der Waals surface area contributed by atoms with Crippen LogP contribution in [0.15, 0.2) is 85.1 Å². The molecule has 3 N–H and O–H groups in total. The molecular formula is C58H101NO5. The van der Waals surface area contributed by atoms with Crippen molar-refractivity contribution in [2.75, 3.05) is 6.61 Å². The average Bonchev–Trinajstić information content (AvgIpc) is 3.29. The summed E-state index contributed by atoms with van der Waals surface area (Å²) in [5.41, 5.74) is 0. The van der Waals surface area contributed by atoms with E-state index in [1.54, 1.807) is 0 Å². The molecule has 0 heterocycles. The smallest absolute Gasteiger partial charge is 0.306 e. The lowest BCUT2D eigenvalue weighted by molar-refractivity contribution is -0.151. The van der Waals surface area contributed by atoms with Crippen LogP contribution in [-0.4, -0.2) is 46.9 Å². The molecule has 0 saturated carbocycles. The number of aliphatic hydroxyl groups is 2. The predicted molar refractivity (Wildman–Crippen MR) is 278 cm³/mol. The second-order valence-corrected chi connectivity index (χ2v) is 18.0. The number of amides is 1. The van der Waals surface area contributed by atoms with Crippen LogP contribution in [0.4, 0.5) is 0 Å². The molecule has 0 aliphatic carbocycles. The Morgan fingerprint density at radius 2 is 0.859 bits per heavy atom. The molecule has 0 radical (unpaired) electrons. The van der Waals surface area contributed by atoms with Gasteiger partial charge in [0, 0.05) is 6.42 Å². The first-order chi connectivity index (χ1) is 31.5. The Balaban J connectivity index is 4.68. The first kappa shape index (κ1) is 61.0. The van der Waals surface area contributed by atoms with Gasteiger partial charge in [-0.25, -0.2) is 0 Å². The largest absolute Gasteiger partial charge is 0.462 e. The number of allylic oxidation sites excluding steroid dienone is 14. The van der Waals surface area contributed by atoms with Crippen LogP contribution in [0.5, 0.6) is 0 Å². The van der Waals surface area contributed by atoms with Gasteiger partial charge in [0.25, 0.3) is 0 Å². The van der Waals surface area contributed by atoms with Crippen molar-refractivity contribution in [3.63, 3.8) is 0 Å². The Kier molecular flexibility index (Phi) is 48.7. The molecule has 3 unspecified atom stereocenters. The van der Waals surface area contributed by atoms with Crippen molar-refractivity contribution in [3.8, 4) is 0 Å². The van der Waals surface area contributed by atoms with Crippen molar-refractivity contribution in [2.45, 2.75) is 264 Å². The van der Waals surface area contributed by atoms with E-state index in [1.165, 1.54) is 109 Å². The third kappa shape index (κ3) is 45.6. The van der Waals surface area contributed by atoms with Crippen LogP contribution in [0.1, 0.15) is 245 Å². The number of carbonyl (C=O) groups is 2. The van der Waals surface area contributed by atoms with Crippen LogP contribution >= 0.6 is 0 Å². The first-order valence-corrected chi connectivity index (χ1v) is 26.9. The summed E-state index contributed by atoms with van der Waals surface area (Å²) in [4.78, 5) is 26.2. The minimum atomic E-state index is -0.804. The average molecular weight is 892 g/mol. The summed E-state index contributed by atoms with van der Waals surface area (Å²) in [6.45, 7) is 6.39. The second kappa shape index (κ2) is 51.0. The van der Waals surface area contributed by atoms with Crippen LogP contribution in [-0.2, 0) is 14.3 Å². The Morgan fingerprint density at radius 3 is 1.39 bits per heavy atom. The number of esters is 1. The fourth-order valence-corrected chi connectivity index (χ4v) is 7.68. The molecule has 0 aliphatic heterocycles. The zero-order valence-electron chi connectivity index (χ0n) is 41.9. The summed E-state index contributed by atoms with van der Waals surface area (Å²) in [5, 5.41) is 23.7. The van der Waals surface area contributed by atoms with E-state index in [9.17, 15) is 19.8 Å². The number of aliphatic hydroxyl groups excluding tert-OH is 2. The number of hydrogen-bond donors (Lipinski definition) is 3. The molecule has 1 amide bonds. The molecule has 0 rings (SSSR count). The SMILES string of the molecule is CCCCC/C=C\C/C=C\C/C=C\CCCCCCCCC(=O)OC(CCCCC/C=C/C=C/C=C/C=C/CCCCC)CC(=O)NC(CO)C(O)CCCCCCCCCCCC. The molecule has 0 aromatic rings. The zero-order valence-corrected chi connectivity index (χ0v) is 41.9. The highest BCUT2D eigenvalue weighted by molar-refractivity contribution is 5.77. The third-order valence-corrected chi connectivity index (χ3v) is 11.8. The molecule has 0 saturated heterocycles. The van der Waals surface area contributed by atoms with E-state index < -0.39 is 18.2 Å². The van der Waals surface area contributed by atoms with Gasteiger partial charge < -0.3 is 20.3 Å². The summed E-state index contributed by atoms with van der Waals surface area (Å²) in [7, 11) is 0. The Labute approximate surface area is 395 Å². The Hall–Kier alpha value is -2.96. The lowest BCUT2D eigenvalue weighted by Crippen LogP contribution is -2.46. The van der Waals surface area contributed by atoms with Gasteiger partial charge in [0.1, 0.15) is 6.10 Å². The molecular weight excluding hydrogens is 791 g/mol. The monoisotopic (exact) mass is 892 g/mol. The van der Waals surface area contributed by atoms with Gasteiger partial charge in [0.2, 0.25) is 5.91 Å². The maximum atomic E-state index is 13.2. The fourth-order valence-electron chi connectivity index (χ4n) is 7.68. The fraction of sp³-hybridized carbons (Fsp3) is 0.724. The van der Waals surface area contributed by atoms with E-state index >= 15 is 0 Å². The Morgan fingerprint density at radius 1 is 0.469 bits per heavy atom. The topological polar surface area (TPSA) is 95.9 Å². The van der Waals surface area contributed by atoms with Gasteiger partial charge in [0.15, 0.2) is 0 Å². The van der Waals surface area contributed by atoms with E-state index in [4.69, 9.17) is 4.74 Å². The van der Waals surface area contributed by atoms with Gasteiger partial charge in [-0.3, -0.25) is 9.59 Å². The molecule has 368 valence electrons. The van der Waals surface area contributed by atoms with Crippen molar-refractivity contribution in [1.82, 2.24) is 5.32 Å². The molecule has 0 aromatic heterocycles. The van der Waals surface area contributed by atoms with Gasteiger partial charge in [0.05, 0.1) is 25.2 Å². The van der Waals surface area contributed by atoms with Crippen molar-refractivity contribution < 1.29 is 24.5 Å². The van der Waals surface area contributed by atoms with Crippen LogP contribution in [0.25, 0.3) is 0 Å². The minimum absolute atomic E-state index is 0.0423. The number of nitrogens with one attached hydrogen (secondary N) is 1. The number of hydrogen-bond acceptors (Lipinski definition) is 5. The highest BCUT2D eigenvalue weighted by Crippen LogP contribution is 2.17. The lowest BCUT2D eigenvalue weighted by atomic mass is 10.0. The Bertz CT molecular complexity index is 1230. The predicted octanol–water partition coefficient (Wildman–Crippen LogP) is 16.3. The summed E-state index contributed by atoms with van der Waals surface area (Å²) in [6, 6.07) is -0.721. The number of unbranched alkanes of at least 4 members (excludes halogenated alkanes) is 24. The normalized spacial score (nSPS) is 13.9. The van der Waals surface area contributed by atoms with E-state index in [2.05, 4.69) is 105 Å². The quantitative estimate of drug-likeness (QED) is 0.0245. The second-order valence-electron chi connectivity index (χ2n) is 18.0. The van der Waals surface area contributed by atoms with Crippen LogP contribution in [0, 0.1) is 0 Å². The molecule has 3 atom stereocenters. The molecule has 0 aromatic carbocycles. The van der Waals surface area contributed by atoms with E-state index in [1.807, 2.05) is 6.08 Å². The summed E-state index contributed by atoms with van der Waals surface area (Å²) in [5.74, 6) is -0.530. The summed E-state index contributed by atoms with van der Waals surface area (Å²) >= 11 is 0. The molecule has 6 nitrogen and oxygen atoms in total. The zero-order chi connectivity index (χ0) is 46.7. The van der Waals surface area contributed by atoms with E-state index in [0.717, 1.165) is 89.9 Å². The number of rotatable bonds is 47. The van der Waals surface area contributed by atoms with Gasteiger partial charge in [-0.1, -0.05) is 228 Å². The molecule has 0 spiro atoms. The maximum absolute atomic E-state index is 13.2. The highest BCUT2D eigenvalue weighted by atomic mass is 16.5. The first-order valence-electron chi connectivity index (χ1n) is 26.9. The van der Waals surface area contributed by atoms with Crippen molar-refractivity contribution >= 4 is 11.9 Å². The standard InChI is InChI=1S/C58H101NO5/c1-4-7-10-13-16-19-22-24-26-28-29-30-32-34-36-39-42-45-48-51-58(63)64-54(49-46-43-40-37-35-33-31-27-25-23-20-17-14-11-8-5-2)52-57(62)59-55(53-60)56(61)50-47-44-41-38-21-18-15-12-9-6-3/h16-17,19-20,23-27,29-31,33,35,54-56,60-61H,4-15,18,21-22,28,32,34,36-53H2,1-3H3,(H,59,62)/b19-16-,20-17+,25-23+,26-24-,30-29-,31-27+,35-33+. The van der Waals surface area contributed by atoms with Crippen LogP contribution < -0.4 is 5.32 Å². The lowest BCUT2D eigenvalue weighted by Gasteiger charge is -2.24. The van der Waals surface area contributed by atoms with Crippen molar-refractivity contribution in [2.24, 2.45) is 0 Å². The van der Waals surface area contributed by atoms with Crippen molar-refractivity contribution in [3.05, 3.63) is 85.1 Å². The summed E-state index contributed by atoms with van der Waals surface area (Å²) < 4.78 is 5.92. The van der Waals surface area contributed by atoms with Crippen molar-refractivity contribution in [1.29, 1.82) is 0 Å². The molecule has 0 aliphatic rings. The molecule has 0 fully saturated rings. The third-order valence-electron chi connectivity index (χ3n) is 11.8. The summed E-state index contributed by atoms with van der Waals surface area (Å²) in [6.07, 6.45) is 66.4. The van der Waals surface area contributed by atoms with Gasteiger partial charge >= 0.3 is 5.97 Å². The molecule has 64 heavy (non-hydrogen) atoms. The minimum Gasteiger partial charge on any atom is -0.462 e. The van der Waals surface area contributed by atoms with Crippen LogP contribution in [0.3, 0.4) is 0 Å².